The van der Waals surface area contributed by atoms with E-state index in [1.807, 2.05) is 52.0 Å². The van der Waals surface area contributed by atoms with Gasteiger partial charge in [-0.1, -0.05) is 39.8 Å². The topological polar surface area (TPSA) is 72.2 Å². The molecule has 4 heteroatoms. The number of amides is 1. The van der Waals surface area contributed by atoms with Crippen LogP contribution in [0.4, 0.5) is 5.69 Å². The molecule has 0 fully saturated rings. The summed E-state index contributed by atoms with van der Waals surface area (Å²) in [6, 6.07) is 6.93. The van der Waals surface area contributed by atoms with Gasteiger partial charge in [0, 0.05) is 11.6 Å². The highest BCUT2D eigenvalue weighted by Crippen LogP contribution is 2.12. The largest absolute Gasteiger partial charge is 0.326 e. The zero-order chi connectivity index (χ0) is 15.7. The molecule has 0 aliphatic carbocycles. The number of anilines is 1. The van der Waals surface area contributed by atoms with Crippen LogP contribution >= 0.6 is 0 Å². The number of carbonyl (C=O) groups excluding carboxylic acids is 2. The van der Waals surface area contributed by atoms with Gasteiger partial charge in [0.05, 0.1) is 6.04 Å². The van der Waals surface area contributed by atoms with Crippen molar-refractivity contribution in [1.82, 2.24) is 0 Å². The fraction of sp³-hybridized carbons (Fsp3) is 0.500. The molecule has 112 valence electrons. The molecule has 1 amide bonds. The monoisotopic (exact) mass is 278 g/mol. The number of ketones is 1. The van der Waals surface area contributed by atoms with Crippen molar-refractivity contribution < 1.29 is 9.59 Å². The predicted octanol–water partition coefficient (Wildman–Crippen LogP) is 2.77. The van der Waals surface area contributed by atoms with Crippen molar-refractivity contribution in [2.75, 3.05) is 5.32 Å². The second-order valence-electron chi connectivity index (χ2n) is 4.76. The van der Waals surface area contributed by atoms with Gasteiger partial charge in [-0.15, -0.1) is 0 Å². The van der Waals surface area contributed by atoms with Crippen molar-refractivity contribution in [3.8, 4) is 0 Å². The summed E-state index contributed by atoms with van der Waals surface area (Å²) < 4.78 is 0. The lowest BCUT2D eigenvalue weighted by Crippen LogP contribution is -2.30. The lowest BCUT2D eigenvalue weighted by Gasteiger charge is -2.10. The van der Waals surface area contributed by atoms with Gasteiger partial charge in [-0.3, -0.25) is 9.59 Å². The molecule has 1 atom stereocenters. The molecule has 20 heavy (non-hydrogen) atoms. The van der Waals surface area contributed by atoms with E-state index in [9.17, 15) is 9.59 Å². The quantitative estimate of drug-likeness (QED) is 0.870. The lowest BCUT2D eigenvalue weighted by molar-refractivity contribution is -0.119. The zero-order valence-electron chi connectivity index (χ0n) is 13.1. The van der Waals surface area contributed by atoms with Crippen molar-refractivity contribution in [3.63, 3.8) is 0 Å². The van der Waals surface area contributed by atoms with Crippen LogP contribution in [-0.4, -0.2) is 17.7 Å². The summed E-state index contributed by atoms with van der Waals surface area (Å²) >= 11 is 0. The molecule has 0 aliphatic rings. The number of nitrogens with two attached hydrogens (primary N) is 1. The molecular formula is C16H26N2O2. The van der Waals surface area contributed by atoms with Crippen molar-refractivity contribution in [2.24, 2.45) is 11.7 Å². The molecular weight excluding hydrogens is 252 g/mol. The Morgan fingerprint density at radius 2 is 1.65 bits per heavy atom. The number of hydrogen-bond acceptors (Lipinski definition) is 3. The number of carbonyl (C=O) groups is 2. The van der Waals surface area contributed by atoms with Crippen LogP contribution in [0.2, 0.25) is 0 Å². The summed E-state index contributed by atoms with van der Waals surface area (Å²) in [6.45, 7) is 9.17. The van der Waals surface area contributed by atoms with Gasteiger partial charge in [0.15, 0.2) is 0 Å². The highest BCUT2D eigenvalue weighted by atomic mass is 16.1. The molecule has 4 nitrogen and oxygen atoms in total. The summed E-state index contributed by atoms with van der Waals surface area (Å²) in [6.07, 6.45) is 0.522. The number of nitrogens with one attached hydrogen (secondary N) is 1. The minimum Gasteiger partial charge on any atom is -0.326 e. The summed E-state index contributed by atoms with van der Waals surface area (Å²) in [5, 5.41) is 2.81. The van der Waals surface area contributed by atoms with Gasteiger partial charge >= 0.3 is 0 Å². The Kier molecular flexibility index (Phi) is 8.48. The van der Waals surface area contributed by atoms with Crippen LogP contribution in [0.1, 0.15) is 40.2 Å². The van der Waals surface area contributed by atoms with Gasteiger partial charge in [0.25, 0.3) is 0 Å². The third-order valence-corrected chi connectivity index (χ3v) is 2.72. The first kappa shape index (κ1) is 18.3. The van der Waals surface area contributed by atoms with Crippen LogP contribution in [0.15, 0.2) is 24.3 Å². The van der Waals surface area contributed by atoms with Crippen molar-refractivity contribution in [3.05, 3.63) is 29.8 Å². The number of rotatable bonds is 5. The van der Waals surface area contributed by atoms with E-state index in [0.717, 1.165) is 11.3 Å². The fourth-order valence-corrected chi connectivity index (χ4v) is 1.41. The lowest BCUT2D eigenvalue weighted by atomic mass is 10.0. The Morgan fingerprint density at radius 1 is 1.15 bits per heavy atom. The molecule has 0 heterocycles. The minimum absolute atomic E-state index is 0.0109. The second kappa shape index (κ2) is 9.26. The SMILES string of the molecule is CC.CC(=O)C(N)Cc1ccc(NC(=O)C(C)C)cc1. The molecule has 0 radical (unpaired) electrons. The Hall–Kier alpha value is -1.68. The maximum absolute atomic E-state index is 11.5. The zero-order valence-corrected chi connectivity index (χ0v) is 13.1. The van der Waals surface area contributed by atoms with E-state index in [4.69, 9.17) is 5.73 Å². The van der Waals surface area contributed by atoms with Gasteiger partial charge in [-0.2, -0.15) is 0 Å². The molecule has 0 saturated carbocycles. The van der Waals surface area contributed by atoms with E-state index in [1.54, 1.807) is 0 Å². The maximum Gasteiger partial charge on any atom is 0.226 e. The highest BCUT2D eigenvalue weighted by molar-refractivity contribution is 5.92. The first-order valence-electron chi connectivity index (χ1n) is 7.06. The van der Waals surface area contributed by atoms with E-state index in [0.29, 0.717) is 6.42 Å². The number of hydrogen-bond donors (Lipinski definition) is 2. The summed E-state index contributed by atoms with van der Waals surface area (Å²) in [4.78, 5) is 22.5. The summed E-state index contributed by atoms with van der Waals surface area (Å²) in [7, 11) is 0. The smallest absolute Gasteiger partial charge is 0.226 e. The Morgan fingerprint density at radius 3 is 2.05 bits per heavy atom. The van der Waals surface area contributed by atoms with Gasteiger partial charge in [-0.25, -0.2) is 0 Å². The van der Waals surface area contributed by atoms with Crippen LogP contribution in [0.25, 0.3) is 0 Å². The molecule has 3 N–H and O–H groups in total. The van der Waals surface area contributed by atoms with E-state index < -0.39 is 6.04 Å². The van der Waals surface area contributed by atoms with Crippen molar-refractivity contribution >= 4 is 17.4 Å². The summed E-state index contributed by atoms with van der Waals surface area (Å²) in [5.41, 5.74) is 7.43. The van der Waals surface area contributed by atoms with Gasteiger partial charge in [0.2, 0.25) is 5.91 Å². The van der Waals surface area contributed by atoms with Crippen LogP contribution in [-0.2, 0) is 16.0 Å². The molecule has 1 aromatic rings. The van der Waals surface area contributed by atoms with Crippen molar-refractivity contribution in [1.29, 1.82) is 0 Å². The van der Waals surface area contributed by atoms with Crippen LogP contribution in [0.5, 0.6) is 0 Å². The normalized spacial score (nSPS) is 11.3. The summed E-state index contributed by atoms with van der Waals surface area (Å²) in [5.74, 6) is -0.0776. The van der Waals surface area contributed by atoms with Gasteiger partial charge < -0.3 is 11.1 Å². The molecule has 1 unspecified atom stereocenters. The van der Waals surface area contributed by atoms with Gasteiger partial charge in [0.1, 0.15) is 5.78 Å². The molecule has 0 aromatic heterocycles. The third-order valence-electron chi connectivity index (χ3n) is 2.72. The minimum atomic E-state index is -0.457. The van der Waals surface area contributed by atoms with Crippen molar-refractivity contribution in [2.45, 2.75) is 47.1 Å². The van der Waals surface area contributed by atoms with E-state index >= 15 is 0 Å². The number of Topliss-reactive ketones (excluding diaryl/α,β-unsaturated/α-hetero) is 1. The molecule has 1 rings (SSSR count). The van der Waals surface area contributed by atoms with Crippen LogP contribution < -0.4 is 11.1 Å². The molecule has 0 aliphatic heterocycles. The molecule has 0 spiro atoms. The Balaban J connectivity index is 0.00000172. The average Bonchev–Trinajstić information content (AvgIpc) is 2.42. The third kappa shape index (κ3) is 6.48. The maximum atomic E-state index is 11.5. The highest BCUT2D eigenvalue weighted by Gasteiger charge is 2.10. The van der Waals surface area contributed by atoms with Crippen LogP contribution in [0.3, 0.4) is 0 Å². The first-order valence-corrected chi connectivity index (χ1v) is 7.06. The van der Waals surface area contributed by atoms with Gasteiger partial charge in [-0.05, 0) is 31.0 Å². The average molecular weight is 278 g/mol. The van der Waals surface area contributed by atoms with Crippen LogP contribution in [0, 0.1) is 5.92 Å². The Labute approximate surface area is 121 Å². The molecule has 0 saturated heterocycles. The predicted molar refractivity (Wildman–Crippen MR) is 83.6 cm³/mol. The second-order valence-corrected chi connectivity index (χ2v) is 4.76. The standard InChI is InChI=1S/C14H20N2O2.C2H6/c1-9(2)14(18)16-12-6-4-11(5-7-12)8-13(15)10(3)17;1-2/h4-7,9,13H,8,15H2,1-3H3,(H,16,18);1-2H3. The molecule has 1 aromatic carbocycles. The fourth-order valence-electron chi connectivity index (χ4n) is 1.41. The molecule has 0 bridgehead atoms. The Bertz CT molecular complexity index is 425. The number of benzene rings is 1. The first-order chi connectivity index (χ1) is 9.40. The van der Waals surface area contributed by atoms with E-state index in [2.05, 4.69) is 5.32 Å². The van der Waals surface area contributed by atoms with E-state index in [1.165, 1.54) is 6.92 Å². The van der Waals surface area contributed by atoms with E-state index in [-0.39, 0.29) is 17.6 Å².